The Hall–Kier alpha value is -3.18. The van der Waals surface area contributed by atoms with Crippen molar-refractivity contribution in [1.82, 2.24) is 5.32 Å². The topological polar surface area (TPSA) is 113 Å². The largest absolute Gasteiger partial charge is 0.404 e. The molecule has 1 saturated heterocycles. The van der Waals surface area contributed by atoms with E-state index in [4.69, 9.17) is 11.6 Å². The van der Waals surface area contributed by atoms with Crippen LogP contribution in [0.2, 0.25) is 5.02 Å². The van der Waals surface area contributed by atoms with E-state index in [0.29, 0.717) is 11.4 Å². The number of nitro groups is 1. The van der Waals surface area contributed by atoms with Crippen LogP contribution >= 0.6 is 11.6 Å². The van der Waals surface area contributed by atoms with Crippen LogP contribution in [-0.2, 0) is 9.59 Å². The standard InChI is InChI=1S/C20H18ClF3N4O4/c1-10(29)25-12-3-5-13(6-4-12)26-19(30)16-9-14(18(27-16)20(22,23)24)11-2-7-17(28(31)32)15(21)8-11/h2-8,14,16,18,27H,9H2,1H3,(H,25,29)(H,26,30)/t14?,16-,18+/m0/s1. The number of carbonyl (C=O) groups is 2. The van der Waals surface area contributed by atoms with Crippen LogP contribution in [0.1, 0.15) is 24.8 Å². The average Bonchev–Trinajstić information content (AvgIpc) is 3.15. The number of nitro benzene ring substituents is 1. The van der Waals surface area contributed by atoms with E-state index in [1.54, 1.807) is 12.1 Å². The minimum atomic E-state index is -4.66. The molecule has 2 aromatic carbocycles. The van der Waals surface area contributed by atoms with Crippen molar-refractivity contribution in [3.05, 3.63) is 63.2 Å². The Balaban J connectivity index is 1.77. The highest BCUT2D eigenvalue weighted by molar-refractivity contribution is 6.32. The summed E-state index contributed by atoms with van der Waals surface area (Å²) in [5.74, 6) is -2.10. The van der Waals surface area contributed by atoms with Crippen molar-refractivity contribution in [2.75, 3.05) is 10.6 Å². The van der Waals surface area contributed by atoms with Crippen LogP contribution in [0.3, 0.4) is 0 Å². The first-order valence-electron chi connectivity index (χ1n) is 9.41. The lowest BCUT2D eigenvalue weighted by atomic mass is 9.90. The van der Waals surface area contributed by atoms with E-state index in [9.17, 15) is 32.9 Å². The van der Waals surface area contributed by atoms with Gasteiger partial charge in [0.25, 0.3) is 5.69 Å². The van der Waals surface area contributed by atoms with Gasteiger partial charge < -0.3 is 10.6 Å². The van der Waals surface area contributed by atoms with E-state index >= 15 is 0 Å². The highest BCUT2D eigenvalue weighted by Gasteiger charge is 2.52. The first-order valence-corrected chi connectivity index (χ1v) is 9.78. The molecule has 2 aromatic rings. The van der Waals surface area contributed by atoms with Crippen molar-refractivity contribution < 1.29 is 27.7 Å². The number of hydrogen-bond acceptors (Lipinski definition) is 5. The smallest absolute Gasteiger partial charge is 0.326 e. The minimum Gasteiger partial charge on any atom is -0.326 e. The van der Waals surface area contributed by atoms with Gasteiger partial charge in [0.1, 0.15) is 11.1 Å². The predicted molar refractivity (Wildman–Crippen MR) is 112 cm³/mol. The summed E-state index contributed by atoms with van der Waals surface area (Å²) in [6.07, 6.45) is -4.85. The number of halogens is 4. The number of carbonyl (C=O) groups excluding carboxylic acids is 2. The second-order valence-corrected chi connectivity index (χ2v) is 7.70. The monoisotopic (exact) mass is 470 g/mol. The molecule has 1 fully saturated rings. The molecule has 0 aliphatic carbocycles. The van der Waals surface area contributed by atoms with E-state index in [2.05, 4.69) is 16.0 Å². The molecule has 0 saturated carbocycles. The number of nitrogens with one attached hydrogen (secondary N) is 3. The second-order valence-electron chi connectivity index (χ2n) is 7.30. The lowest BCUT2D eigenvalue weighted by Gasteiger charge is -2.22. The molecule has 0 radical (unpaired) electrons. The first-order chi connectivity index (χ1) is 15.0. The summed E-state index contributed by atoms with van der Waals surface area (Å²) in [4.78, 5) is 33.9. The van der Waals surface area contributed by atoms with Crippen molar-refractivity contribution in [2.24, 2.45) is 0 Å². The highest BCUT2D eigenvalue weighted by atomic mass is 35.5. The summed E-state index contributed by atoms with van der Waals surface area (Å²) in [5.41, 5.74) is 0.574. The molecule has 32 heavy (non-hydrogen) atoms. The van der Waals surface area contributed by atoms with Gasteiger partial charge in [-0.25, -0.2) is 0 Å². The number of benzene rings is 2. The van der Waals surface area contributed by atoms with E-state index < -0.39 is 40.7 Å². The zero-order valence-electron chi connectivity index (χ0n) is 16.6. The minimum absolute atomic E-state index is 0.144. The zero-order valence-corrected chi connectivity index (χ0v) is 17.3. The number of rotatable bonds is 5. The molecule has 1 unspecified atom stereocenters. The molecule has 3 N–H and O–H groups in total. The van der Waals surface area contributed by atoms with Crippen molar-refractivity contribution in [3.8, 4) is 0 Å². The van der Waals surface area contributed by atoms with Gasteiger partial charge in [0, 0.05) is 30.3 Å². The number of hydrogen-bond donors (Lipinski definition) is 3. The quantitative estimate of drug-likeness (QED) is 0.447. The third-order valence-corrected chi connectivity index (χ3v) is 5.31. The van der Waals surface area contributed by atoms with E-state index in [0.717, 1.165) is 12.1 Å². The maximum absolute atomic E-state index is 13.6. The summed E-state index contributed by atoms with van der Waals surface area (Å²) in [7, 11) is 0. The normalized spacial score (nSPS) is 20.6. The lowest BCUT2D eigenvalue weighted by Crippen LogP contribution is -2.46. The van der Waals surface area contributed by atoms with Crippen LogP contribution in [0.15, 0.2) is 42.5 Å². The summed E-state index contributed by atoms with van der Waals surface area (Å²) >= 11 is 5.87. The lowest BCUT2D eigenvalue weighted by molar-refractivity contribution is -0.384. The molecule has 2 amide bonds. The number of alkyl halides is 3. The van der Waals surface area contributed by atoms with Gasteiger partial charge in [-0.05, 0) is 42.3 Å². The molecule has 170 valence electrons. The Kier molecular flexibility index (Phi) is 6.70. The van der Waals surface area contributed by atoms with Crippen LogP contribution < -0.4 is 16.0 Å². The fourth-order valence-electron chi connectivity index (χ4n) is 3.60. The second kappa shape index (κ2) is 9.13. The maximum Gasteiger partial charge on any atom is 0.404 e. The van der Waals surface area contributed by atoms with Gasteiger partial charge in [0.05, 0.1) is 11.0 Å². The summed E-state index contributed by atoms with van der Waals surface area (Å²) in [6.45, 7) is 1.34. The van der Waals surface area contributed by atoms with E-state index in [-0.39, 0.29) is 22.9 Å². The van der Waals surface area contributed by atoms with Crippen LogP contribution in [0.25, 0.3) is 0 Å². The Labute approximate surface area is 185 Å². The molecule has 1 aliphatic heterocycles. The molecular formula is C20H18ClF3N4O4. The number of nitrogens with zero attached hydrogens (tertiary/aromatic N) is 1. The maximum atomic E-state index is 13.6. The van der Waals surface area contributed by atoms with Crippen LogP contribution in [0.4, 0.5) is 30.2 Å². The molecule has 0 aromatic heterocycles. The van der Waals surface area contributed by atoms with Crippen molar-refractivity contribution in [3.63, 3.8) is 0 Å². The molecule has 1 aliphatic rings. The molecule has 12 heteroatoms. The van der Waals surface area contributed by atoms with Crippen LogP contribution in [0.5, 0.6) is 0 Å². The highest BCUT2D eigenvalue weighted by Crippen LogP contribution is 2.41. The van der Waals surface area contributed by atoms with Gasteiger partial charge in [0.2, 0.25) is 11.8 Å². The van der Waals surface area contributed by atoms with Crippen LogP contribution in [-0.4, -0.2) is 35.0 Å². The van der Waals surface area contributed by atoms with Gasteiger partial charge in [0.15, 0.2) is 0 Å². The summed E-state index contributed by atoms with van der Waals surface area (Å²) in [5, 5.41) is 18.1. The Morgan fingerprint density at radius 2 is 1.72 bits per heavy atom. The predicted octanol–water partition coefficient (Wildman–Crippen LogP) is 4.22. The van der Waals surface area contributed by atoms with Crippen molar-refractivity contribution in [1.29, 1.82) is 0 Å². The Bertz CT molecular complexity index is 1050. The number of anilines is 2. The molecule has 0 bridgehead atoms. The molecular weight excluding hydrogens is 453 g/mol. The van der Waals surface area contributed by atoms with E-state index in [1.165, 1.54) is 25.1 Å². The van der Waals surface area contributed by atoms with Gasteiger partial charge in [-0.15, -0.1) is 0 Å². The molecule has 1 heterocycles. The van der Waals surface area contributed by atoms with Crippen LogP contribution in [0, 0.1) is 10.1 Å². The van der Waals surface area contributed by atoms with Crippen molar-refractivity contribution >= 4 is 40.5 Å². The molecule has 8 nitrogen and oxygen atoms in total. The molecule has 0 spiro atoms. The molecule has 3 rings (SSSR count). The zero-order chi connectivity index (χ0) is 23.6. The summed E-state index contributed by atoms with van der Waals surface area (Å²) in [6, 6.07) is 6.31. The summed E-state index contributed by atoms with van der Waals surface area (Å²) < 4.78 is 40.9. The fourth-order valence-corrected chi connectivity index (χ4v) is 3.85. The molecule has 3 atom stereocenters. The third-order valence-electron chi connectivity index (χ3n) is 5.01. The Morgan fingerprint density at radius 3 is 2.22 bits per heavy atom. The number of amides is 2. The Morgan fingerprint density at radius 1 is 1.12 bits per heavy atom. The van der Waals surface area contributed by atoms with Gasteiger partial charge in [-0.3, -0.25) is 25.0 Å². The first kappa shape index (κ1) is 23.5. The van der Waals surface area contributed by atoms with Gasteiger partial charge in [-0.2, -0.15) is 13.2 Å². The van der Waals surface area contributed by atoms with Gasteiger partial charge in [-0.1, -0.05) is 17.7 Å². The van der Waals surface area contributed by atoms with Gasteiger partial charge >= 0.3 is 6.18 Å². The fraction of sp³-hybridized carbons (Fsp3) is 0.300. The van der Waals surface area contributed by atoms with Crippen molar-refractivity contribution in [2.45, 2.75) is 37.5 Å². The average molecular weight is 471 g/mol. The SMILES string of the molecule is CC(=O)Nc1ccc(NC(=O)[C@@H]2CC(c3ccc([N+](=O)[O-])c(Cl)c3)[C@H](C(F)(F)F)N2)cc1. The third kappa shape index (κ3) is 5.35. The van der Waals surface area contributed by atoms with E-state index in [1.807, 2.05) is 0 Å².